The first-order chi connectivity index (χ1) is 9.78. The molecule has 21 heavy (non-hydrogen) atoms. The molecule has 6 heteroatoms. The van der Waals surface area contributed by atoms with Crippen LogP contribution >= 0.6 is 35.6 Å². The van der Waals surface area contributed by atoms with Crippen molar-refractivity contribution in [3.63, 3.8) is 0 Å². The first kappa shape index (κ1) is 17.8. The van der Waals surface area contributed by atoms with Crippen molar-refractivity contribution < 1.29 is 4.42 Å². The third-order valence-corrected chi connectivity index (χ3v) is 3.05. The van der Waals surface area contributed by atoms with E-state index in [4.69, 9.17) is 16.0 Å². The molecule has 0 spiro atoms. The van der Waals surface area contributed by atoms with Gasteiger partial charge in [0.25, 0.3) is 0 Å². The van der Waals surface area contributed by atoms with Gasteiger partial charge in [-0.25, -0.2) is 0 Å². The SMILES string of the molecule is CN=C(NCCc1ccco1)NCc1cccc(Cl)c1.I. The Bertz CT molecular complexity index is 558. The van der Waals surface area contributed by atoms with Crippen molar-refractivity contribution in [3.8, 4) is 0 Å². The number of nitrogens with one attached hydrogen (secondary N) is 2. The minimum atomic E-state index is 0. The van der Waals surface area contributed by atoms with E-state index in [1.807, 2.05) is 36.4 Å². The molecule has 1 heterocycles. The topological polar surface area (TPSA) is 49.6 Å². The van der Waals surface area contributed by atoms with E-state index in [1.54, 1.807) is 13.3 Å². The summed E-state index contributed by atoms with van der Waals surface area (Å²) in [7, 11) is 1.75. The molecule has 0 unspecified atom stereocenters. The second-order valence-electron chi connectivity index (χ2n) is 4.31. The highest BCUT2D eigenvalue weighted by atomic mass is 127. The molecule has 1 aromatic heterocycles. The molecule has 114 valence electrons. The van der Waals surface area contributed by atoms with Crippen molar-refractivity contribution in [2.45, 2.75) is 13.0 Å². The second kappa shape index (κ2) is 9.68. The number of halogens is 2. The van der Waals surface area contributed by atoms with E-state index in [9.17, 15) is 0 Å². The van der Waals surface area contributed by atoms with Crippen LogP contribution in [0.25, 0.3) is 0 Å². The zero-order chi connectivity index (χ0) is 14.2. The minimum Gasteiger partial charge on any atom is -0.469 e. The van der Waals surface area contributed by atoms with Crippen LogP contribution in [-0.4, -0.2) is 19.6 Å². The highest BCUT2D eigenvalue weighted by molar-refractivity contribution is 14.0. The Kier molecular flexibility index (Phi) is 8.22. The molecule has 1 aromatic carbocycles. The van der Waals surface area contributed by atoms with Crippen LogP contribution in [0, 0.1) is 0 Å². The van der Waals surface area contributed by atoms with Gasteiger partial charge in [-0.3, -0.25) is 4.99 Å². The molecule has 0 amide bonds. The fourth-order valence-electron chi connectivity index (χ4n) is 1.81. The molecule has 2 rings (SSSR count). The molecule has 0 atom stereocenters. The van der Waals surface area contributed by atoms with Gasteiger partial charge in [0.05, 0.1) is 6.26 Å². The summed E-state index contributed by atoms with van der Waals surface area (Å²) < 4.78 is 5.28. The van der Waals surface area contributed by atoms with E-state index in [0.717, 1.165) is 35.3 Å². The molecule has 0 saturated heterocycles. The predicted octanol–water partition coefficient (Wildman–Crippen LogP) is 3.46. The molecule has 2 aromatic rings. The van der Waals surface area contributed by atoms with Gasteiger partial charge in [0, 0.05) is 31.6 Å². The number of benzene rings is 1. The second-order valence-corrected chi connectivity index (χ2v) is 4.75. The lowest BCUT2D eigenvalue weighted by atomic mass is 10.2. The monoisotopic (exact) mass is 419 g/mol. The fraction of sp³-hybridized carbons (Fsp3) is 0.267. The van der Waals surface area contributed by atoms with Gasteiger partial charge in [-0.15, -0.1) is 24.0 Å². The van der Waals surface area contributed by atoms with Crippen LogP contribution in [0.2, 0.25) is 5.02 Å². The number of hydrogen-bond donors (Lipinski definition) is 2. The summed E-state index contributed by atoms with van der Waals surface area (Å²) in [4.78, 5) is 4.18. The van der Waals surface area contributed by atoms with Crippen LogP contribution in [0.5, 0.6) is 0 Å². The van der Waals surface area contributed by atoms with E-state index in [2.05, 4.69) is 15.6 Å². The normalized spacial score (nSPS) is 10.9. The van der Waals surface area contributed by atoms with Gasteiger partial charge in [-0.05, 0) is 29.8 Å². The molecule has 2 N–H and O–H groups in total. The van der Waals surface area contributed by atoms with Crippen LogP contribution < -0.4 is 10.6 Å². The number of hydrogen-bond acceptors (Lipinski definition) is 2. The lowest BCUT2D eigenvalue weighted by molar-refractivity contribution is 0.507. The molecule has 0 aliphatic rings. The first-order valence-electron chi connectivity index (χ1n) is 6.49. The van der Waals surface area contributed by atoms with Gasteiger partial charge in [-0.2, -0.15) is 0 Å². The number of nitrogens with zero attached hydrogens (tertiary/aromatic N) is 1. The predicted molar refractivity (Wildman–Crippen MR) is 97.5 cm³/mol. The Morgan fingerprint density at radius 3 is 2.76 bits per heavy atom. The van der Waals surface area contributed by atoms with Crippen molar-refractivity contribution in [1.29, 1.82) is 0 Å². The van der Waals surface area contributed by atoms with Gasteiger partial charge < -0.3 is 15.1 Å². The van der Waals surface area contributed by atoms with Gasteiger partial charge in [0.1, 0.15) is 5.76 Å². The van der Waals surface area contributed by atoms with Crippen LogP contribution in [0.15, 0.2) is 52.1 Å². The summed E-state index contributed by atoms with van der Waals surface area (Å²) in [6.45, 7) is 1.45. The van der Waals surface area contributed by atoms with E-state index in [0.29, 0.717) is 6.54 Å². The Labute approximate surface area is 147 Å². The summed E-state index contributed by atoms with van der Waals surface area (Å²) in [5.41, 5.74) is 1.12. The fourth-order valence-corrected chi connectivity index (χ4v) is 2.03. The molecule has 0 aliphatic heterocycles. The standard InChI is InChI=1S/C15H18ClN3O.HI/c1-17-15(18-8-7-14-6-3-9-20-14)19-11-12-4-2-5-13(16)10-12;/h2-6,9-10H,7-8,11H2,1H3,(H2,17,18,19);1H. The van der Waals surface area contributed by atoms with E-state index in [1.165, 1.54) is 0 Å². The molecular formula is C15H19ClIN3O. The number of rotatable bonds is 5. The largest absolute Gasteiger partial charge is 0.469 e. The van der Waals surface area contributed by atoms with Crippen molar-refractivity contribution >= 4 is 41.5 Å². The molecule has 4 nitrogen and oxygen atoms in total. The lowest BCUT2D eigenvalue weighted by Gasteiger charge is -2.11. The number of aliphatic imine (C=N–C) groups is 1. The highest BCUT2D eigenvalue weighted by Crippen LogP contribution is 2.10. The summed E-state index contributed by atoms with van der Waals surface area (Å²) >= 11 is 5.95. The third kappa shape index (κ3) is 6.39. The first-order valence-corrected chi connectivity index (χ1v) is 6.87. The Hall–Kier alpha value is -1.21. The molecule has 0 saturated carbocycles. The maximum absolute atomic E-state index is 5.95. The molecule has 0 fully saturated rings. The van der Waals surface area contributed by atoms with Gasteiger partial charge in [0.15, 0.2) is 5.96 Å². The smallest absolute Gasteiger partial charge is 0.191 e. The van der Waals surface area contributed by atoms with Crippen molar-refractivity contribution in [2.24, 2.45) is 4.99 Å². The van der Waals surface area contributed by atoms with Crippen molar-refractivity contribution in [2.75, 3.05) is 13.6 Å². The average molecular weight is 420 g/mol. The van der Waals surface area contributed by atoms with E-state index in [-0.39, 0.29) is 24.0 Å². The minimum absolute atomic E-state index is 0. The van der Waals surface area contributed by atoms with Gasteiger partial charge in [0.2, 0.25) is 0 Å². The van der Waals surface area contributed by atoms with E-state index < -0.39 is 0 Å². The van der Waals surface area contributed by atoms with Crippen LogP contribution in [0.3, 0.4) is 0 Å². The molecule has 0 radical (unpaired) electrons. The highest BCUT2D eigenvalue weighted by Gasteiger charge is 2.00. The molecule has 0 aliphatic carbocycles. The zero-order valence-corrected chi connectivity index (χ0v) is 14.9. The Morgan fingerprint density at radius 1 is 1.24 bits per heavy atom. The summed E-state index contributed by atoms with van der Waals surface area (Å²) in [5, 5.41) is 7.22. The summed E-state index contributed by atoms with van der Waals surface area (Å²) in [6, 6.07) is 11.6. The Morgan fingerprint density at radius 2 is 2.10 bits per heavy atom. The van der Waals surface area contributed by atoms with Crippen LogP contribution in [-0.2, 0) is 13.0 Å². The molecular weight excluding hydrogens is 401 g/mol. The third-order valence-electron chi connectivity index (χ3n) is 2.82. The Balaban J connectivity index is 0.00000220. The lowest BCUT2D eigenvalue weighted by Crippen LogP contribution is -2.37. The quantitative estimate of drug-likeness (QED) is 0.443. The number of guanidine groups is 1. The van der Waals surface area contributed by atoms with Gasteiger partial charge >= 0.3 is 0 Å². The zero-order valence-electron chi connectivity index (χ0n) is 11.8. The summed E-state index contributed by atoms with van der Waals surface area (Å²) in [5.74, 6) is 1.72. The summed E-state index contributed by atoms with van der Waals surface area (Å²) in [6.07, 6.45) is 2.51. The van der Waals surface area contributed by atoms with Crippen LogP contribution in [0.4, 0.5) is 0 Å². The number of furan rings is 1. The maximum atomic E-state index is 5.95. The average Bonchev–Trinajstić information content (AvgIpc) is 2.96. The maximum Gasteiger partial charge on any atom is 0.191 e. The molecule has 0 bridgehead atoms. The van der Waals surface area contributed by atoms with E-state index >= 15 is 0 Å². The van der Waals surface area contributed by atoms with Crippen molar-refractivity contribution in [1.82, 2.24) is 10.6 Å². The van der Waals surface area contributed by atoms with Crippen LogP contribution in [0.1, 0.15) is 11.3 Å². The van der Waals surface area contributed by atoms with Crippen molar-refractivity contribution in [3.05, 3.63) is 59.0 Å². The van der Waals surface area contributed by atoms with Gasteiger partial charge in [-0.1, -0.05) is 23.7 Å².